The van der Waals surface area contributed by atoms with Gasteiger partial charge in [-0.15, -0.1) is 16.2 Å². The van der Waals surface area contributed by atoms with Gasteiger partial charge in [-0.1, -0.05) is 24.3 Å². The monoisotopic (exact) mass is 569 g/mol. The molecule has 1 amide bonds. The molecule has 12 heteroatoms. The van der Waals surface area contributed by atoms with E-state index in [2.05, 4.69) is 25.9 Å². The molecule has 42 heavy (non-hydrogen) atoms. The van der Waals surface area contributed by atoms with Crippen LogP contribution >= 0.6 is 0 Å². The summed E-state index contributed by atoms with van der Waals surface area (Å²) in [5.74, 6) is -0.485. The van der Waals surface area contributed by atoms with Crippen molar-refractivity contribution in [2.45, 2.75) is 38.6 Å². The normalized spacial score (nSPS) is 15.1. The molecule has 11 nitrogen and oxygen atoms in total. The molecule has 1 aliphatic carbocycles. The number of halogens is 1. The first-order valence-corrected chi connectivity index (χ1v) is 13.7. The molecule has 214 valence electrons. The summed E-state index contributed by atoms with van der Waals surface area (Å²) in [6, 6.07) is 16.5. The molecule has 4 aromatic rings. The van der Waals surface area contributed by atoms with Crippen LogP contribution in [0.5, 0.6) is 0 Å². The van der Waals surface area contributed by atoms with Gasteiger partial charge in [0.1, 0.15) is 30.0 Å². The van der Waals surface area contributed by atoms with E-state index in [0.717, 1.165) is 18.5 Å². The highest BCUT2D eigenvalue weighted by molar-refractivity contribution is 6.05. The molecule has 4 N–H and O–H groups in total. The summed E-state index contributed by atoms with van der Waals surface area (Å²) in [7, 11) is 0. The zero-order valence-electron chi connectivity index (χ0n) is 23.1. The number of aromatic nitrogens is 3. The molecule has 0 radical (unpaired) electrons. The smallest absolute Gasteiger partial charge is 0.338 e. The third kappa shape index (κ3) is 5.70. The van der Waals surface area contributed by atoms with Gasteiger partial charge >= 0.3 is 5.97 Å². The maximum Gasteiger partial charge on any atom is 0.338 e. The summed E-state index contributed by atoms with van der Waals surface area (Å²) in [5.41, 5.74) is 7.68. The Bertz CT molecular complexity index is 1670. The van der Waals surface area contributed by atoms with E-state index >= 15 is 0 Å². The Morgan fingerprint density at radius 1 is 1.17 bits per heavy atom. The van der Waals surface area contributed by atoms with E-state index in [1.807, 2.05) is 23.8 Å². The first-order valence-electron chi connectivity index (χ1n) is 13.7. The molecule has 2 aromatic carbocycles. The van der Waals surface area contributed by atoms with E-state index in [4.69, 9.17) is 4.74 Å². The van der Waals surface area contributed by atoms with Crippen LogP contribution in [0.3, 0.4) is 0 Å². The average Bonchev–Trinajstić information content (AvgIpc) is 3.51. The molecule has 1 atom stereocenters. The number of amides is 1. The minimum atomic E-state index is -0.628. The molecule has 3 heterocycles. The van der Waals surface area contributed by atoms with E-state index in [1.165, 1.54) is 12.1 Å². The van der Waals surface area contributed by atoms with Crippen molar-refractivity contribution < 1.29 is 24.3 Å². The van der Waals surface area contributed by atoms with Gasteiger partial charge in [0.05, 0.1) is 28.8 Å². The Hall–Kier alpha value is -5.10. The number of nitrogens with zero attached hydrogens (tertiary/aromatic N) is 5. The summed E-state index contributed by atoms with van der Waals surface area (Å²) in [6.45, 7) is 3.79. The van der Waals surface area contributed by atoms with Crippen molar-refractivity contribution in [2.75, 3.05) is 11.9 Å². The van der Waals surface area contributed by atoms with Crippen molar-refractivity contribution in [1.82, 2.24) is 25.1 Å². The van der Waals surface area contributed by atoms with E-state index < -0.39 is 17.7 Å². The number of hydrazone groups is 1. The lowest BCUT2D eigenvalue weighted by molar-refractivity contribution is -0.826. The zero-order chi connectivity index (χ0) is 29.2. The molecule has 6 rings (SSSR count). The number of hydrogen-bond acceptors (Lipinski definition) is 8. The van der Waals surface area contributed by atoms with Crippen molar-refractivity contribution in [3.63, 3.8) is 0 Å². The maximum absolute atomic E-state index is 15.0. The molecule has 2 aliphatic rings. The van der Waals surface area contributed by atoms with Crippen LogP contribution in [0.25, 0.3) is 5.69 Å². The molecule has 2 aromatic heterocycles. The SMILES string of the molecule is Cc1cc(F)c(C(=O)Nc2cccc(C3=NN[NH2+]N3[C@H](C)COC(=O)c3ccccc3)n2)cc1-n1cnc(C2CC2)c1. The second-order valence-electron chi connectivity index (χ2n) is 10.4. The molecule has 1 saturated carbocycles. The lowest BCUT2D eigenvalue weighted by atomic mass is 10.1. The highest BCUT2D eigenvalue weighted by atomic mass is 19.1. The number of pyridine rings is 1. The largest absolute Gasteiger partial charge is 0.460 e. The van der Waals surface area contributed by atoms with Crippen LogP contribution < -0.4 is 16.4 Å². The minimum Gasteiger partial charge on any atom is -0.460 e. The van der Waals surface area contributed by atoms with Gasteiger partial charge in [0.15, 0.2) is 0 Å². The van der Waals surface area contributed by atoms with Crippen LogP contribution in [0.15, 0.2) is 78.3 Å². The number of aryl methyl sites for hydroxylation is 1. The first-order chi connectivity index (χ1) is 20.4. The second kappa shape index (κ2) is 11.4. The van der Waals surface area contributed by atoms with Crippen LogP contribution in [0.1, 0.15) is 63.4 Å². The topological polar surface area (TPSA) is 130 Å². The second-order valence-corrected chi connectivity index (χ2v) is 10.4. The predicted octanol–water partition coefficient (Wildman–Crippen LogP) is 3.05. The van der Waals surface area contributed by atoms with Crippen LogP contribution in [0.4, 0.5) is 10.2 Å². The van der Waals surface area contributed by atoms with Gasteiger partial charge in [-0.3, -0.25) is 4.79 Å². The average molecular weight is 570 g/mol. The predicted molar refractivity (Wildman–Crippen MR) is 152 cm³/mol. The number of rotatable bonds is 9. The van der Waals surface area contributed by atoms with Gasteiger partial charge in [-0.25, -0.2) is 19.2 Å². The molecule has 1 fully saturated rings. The third-order valence-electron chi connectivity index (χ3n) is 7.18. The standard InChI is InChI=1S/C30H29FN8O3/c1-18-13-23(31)22(14-26(18)38-15-25(32-17-38)20-11-12-20)29(40)34-27-10-6-9-24(33-27)28-35-36-37-39(28)19(2)16-42-30(41)21-7-4-3-5-8-21/h3-10,13-15,17,19-20,36-37H,11-12,16H2,1-2H3,(H,33,34,40)/p+1/t19-/m1/s1. The highest BCUT2D eigenvalue weighted by Crippen LogP contribution is 2.39. The fourth-order valence-electron chi connectivity index (χ4n) is 4.72. The fourth-order valence-corrected chi connectivity index (χ4v) is 4.72. The van der Waals surface area contributed by atoms with Gasteiger partial charge in [-0.2, -0.15) is 5.01 Å². The molecule has 0 bridgehead atoms. The zero-order valence-corrected chi connectivity index (χ0v) is 23.1. The van der Waals surface area contributed by atoms with Crippen molar-refractivity contribution in [1.29, 1.82) is 0 Å². The van der Waals surface area contributed by atoms with E-state index in [1.54, 1.807) is 66.3 Å². The molecule has 0 saturated heterocycles. The number of quaternary nitrogens is 1. The van der Waals surface area contributed by atoms with Gasteiger partial charge in [0, 0.05) is 12.1 Å². The summed E-state index contributed by atoms with van der Waals surface area (Å²) < 4.78 is 22.3. The number of nitrogens with two attached hydrogens (primary N) is 1. The number of carbonyl (C=O) groups is 2. The van der Waals surface area contributed by atoms with Crippen LogP contribution in [0, 0.1) is 12.7 Å². The third-order valence-corrected chi connectivity index (χ3v) is 7.18. The Morgan fingerprint density at radius 2 is 1.98 bits per heavy atom. The van der Waals surface area contributed by atoms with Crippen molar-refractivity contribution >= 4 is 23.5 Å². The van der Waals surface area contributed by atoms with Crippen LogP contribution in [-0.2, 0) is 4.74 Å². The lowest BCUT2D eigenvalue weighted by Crippen LogP contribution is -2.99. The fraction of sp³-hybridized carbons (Fsp3) is 0.233. The van der Waals surface area contributed by atoms with Crippen molar-refractivity contribution in [3.05, 3.63) is 107 Å². The van der Waals surface area contributed by atoms with Gasteiger partial charge < -0.3 is 14.6 Å². The molecular weight excluding hydrogens is 539 g/mol. The van der Waals surface area contributed by atoms with Gasteiger partial charge in [0.2, 0.25) is 5.84 Å². The maximum atomic E-state index is 15.0. The lowest BCUT2D eigenvalue weighted by Gasteiger charge is -2.22. The minimum absolute atomic E-state index is 0.104. The number of nitrogens with one attached hydrogen (secondary N) is 2. The highest BCUT2D eigenvalue weighted by Gasteiger charge is 2.30. The van der Waals surface area contributed by atoms with Crippen molar-refractivity contribution in [3.8, 4) is 5.69 Å². The summed E-state index contributed by atoms with van der Waals surface area (Å²) in [5, 5.41) is 8.81. The van der Waals surface area contributed by atoms with Crippen molar-refractivity contribution in [2.24, 2.45) is 5.10 Å². The molecular formula is C30H30FN8O3+. The quantitative estimate of drug-likeness (QED) is 0.209. The molecule has 0 unspecified atom stereocenters. The number of imidazole rings is 1. The Labute approximate surface area is 241 Å². The summed E-state index contributed by atoms with van der Waals surface area (Å²) in [6.07, 6.45) is 5.88. The first kappa shape index (κ1) is 27.1. The van der Waals surface area contributed by atoms with Gasteiger partial charge in [0.25, 0.3) is 5.91 Å². The number of carbonyl (C=O) groups excluding carboxylic acids is 2. The Balaban J connectivity index is 1.15. The summed E-state index contributed by atoms with van der Waals surface area (Å²) >= 11 is 0. The number of hydrogen-bond donors (Lipinski definition) is 3. The van der Waals surface area contributed by atoms with Gasteiger partial charge in [-0.05, 0) is 68.7 Å². The Morgan fingerprint density at radius 3 is 2.76 bits per heavy atom. The number of amidine groups is 1. The van der Waals surface area contributed by atoms with Crippen LogP contribution in [0.2, 0.25) is 0 Å². The number of benzene rings is 2. The number of ether oxygens (including phenoxy) is 1. The molecule has 0 spiro atoms. The van der Waals surface area contributed by atoms with Crippen LogP contribution in [-0.4, -0.2) is 49.9 Å². The van der Waals surface area contributed by atoms with E-state index in [-0.39, 0.29) is 24.0 Å². The number of esters is 1. The van der Waals surface area contributed by atoms with E-state index in [9.17, 15) is 14.0 Å². The Kier molecular flexibility index (Phi) is 7.36. The molecule has 1 aliphatic heterocycles. The summed E-state index contributed by atoms with van der Waals surface area (Å²) in [4.78, 5) is 34.6. The number of anilines is 1. The van der Waals surface area contributed by atoms with E-state index in [0.29, 0.717) is 34.3 Å².